The van der Waals surface area contributed by atoms with Crippen molar-refractivity contribution in [1.29, 1.82) is 0 Å². The van der Waals surface area contributed by atoms with E-state index < -0.39 is 81.5 Å². The molecule has 0 aliphatic carbocycles. The maximum Gasteiger partial charge on any atom is 0.559 e. The van der Waals surface area contributed by atoms with Crippen molar-refractivity contribution >= 4 is 17.3 Å². The summed E-state index contributed by atoms with van der Waals surface area (Å²) in [6.07, 6.45) is -25.4. The second-order valence-electron chi connectivity index (χ2n) is 12.1. The third kappa shape index (κ3) is 63.6. The summed E-state index contributed by atoms with van der Waals surface area (Å²) in [6, 6.07) is 13.6. The number of carbonyl (C=O) groups is 1. The fraction of sp³-hybridized carbons (Fsp3) is 0.583. The van der Waals surface area contributed by atoms with Gasteiger partial charge in [-0.25, -0.2) is 4.79 Å². The first-order valence-electron chi connectivity index (χ1n) is 17.3. The van der Waals surface area contributed by atoms with Gasteiger partial charge < -0.3 is 51.6 Å². The lowest BCUT2D eigenvalue weighted by Gasteiger charge is -2.22. The highest BCUT2D eigenvalue weighted by atomic mass is 19.5. The molecule has 2 aromatic rings. The number of alkyl halides is 19. The molecule has 2 rings (SSSR count). The highest BCUT2D eigenvalue weighted by Crippen LogP contribution is 2.35. The maximum absolute atomic E-state index is 11.6. The summed E-state index contributed by atoms with van der Waals surface area (Å²) in [7, 11) is 0. The van der Waals surface area contributed by atoms with Crippen molar-refractivity contribution in [1.82, 2.24) is 0 Å². The monoisotopic (exact) mass is 1010 g/mol. The molecule has 30 heteroatoms. The molecule has 10 N–H and O–H groups in total. The first-order chi connectivity index (χ1) is 29.7. The minimum atomic E-state index is -5.51. The molecule has 2 aromatic carbocycles. The summed E-state index contributed by atoms with van der Waals surface area (Å²) in [5, 5.41) is 49.8. The molecular weight excluding hydrogens is 965 g/mol. The molecular formula is C36H49F19N2O9. The number of unbranched alkanes of at least 4 members (excludes halogenated alkanes) is 1. The minimum Gasteiger partial charge on any atom is -0.508 e. The third-order valence-corrected chi connectivity index (χ3v) is 5.39. The van der Waals surface area contributed by atoms with E-state index in [2.05, 4.69) is 15.4 Å². The molecule has 0 amide bonds. The predicted octanol–water partition coefficient (Wildman–Crippen LogP) is 8.20. The van der Waals surface area contributed by atoms with Gasteiger partial charge in [-0.15, -0.1) is 41.5 Å². The molecule has 66 heavy (non-hydrogen) atoms. The first kappa shape index (κ1) is 72.9. The number of carbonyl (C=O) groups excluding carboxylic acids is 1. The molecule has 0 aromatic heterocycles. The van der Waals surface area contributed by atoms with Crippen LogP contribution in [0.15, 0.2) is 48.5 Å². The summed E-state index contributed by atoms with van der Waals surface area (Å²) in [5.41, 5.74) is 12.2. The molecule has 1 unspecified atom stereocenters. The fourth-order valence-electron chi connectivity index (χ4n) is 2.41. The van der Waals surface area contributed by atoms with Crippen molar-refractivity contribution in [2.45, 2.75) is 76.7 Å². The normalized spacial score (nSPS) is 11.6. The van der Waals surface area contributed by atoms with Gasteiger partial charge in [0.2, 0.25) is 6.10 Å². The Morgan fingerprint density at radius 3 is 1.30 bits per heavy atom. The molecule has 0 saturated carbocycles. The third-order valence-electron chi connectivity index (χ3n) is 5.39. The quantitative estimate of drug-likeness (QED) is 0.0254. The summed E-state index contributed by atoms with van der Waals surface area (Å²) in [5.74, 6) is 0.520. The van der Waals surface area contributed by atoms with Crippen molar-refractivity contribution in [3.05, 3.63) is 54.1 Å². The van der Waals surface area contributed by atoms with E-state index in [9.17, 15) is 88.2 Å². The Balaban J connectivity index is -0.000000160. The second-order valence-corrected chi connectivity index (χ2v) is 12.1. The van der Waals surface area contributed by atoms with E-state index in [4.69, 9.17) is 48.5 Å². The Bertz CT molecular complexity index is 1410. The first-order valence-corrected chi connectivity index (χ1v) is 17.3. The number of aliphatic hydroxyl groups excluding tert-OH is 5. The number of aliphatic hydroxyl groups is 5. The molecule has 0 spiro atoms. The van der Waals surface area contributed by atoms with Gasteiger partial charge in [0.15, 0.2) is 0 Å². The number of rotatable bonds is 12. The van der Waals surface area contributed by atoms with Gasteiger partial charge in [-0.2, -0.15) is 39.5 Å². The van der Waals surface area contributed by atoms with Crippen molar-refractivity contribution in [2.75, 3.05) is 64.5 Å². The maximum atomic E-state index is 11.6. The molecule has 0 radical (unpaired) electrons. The molecule has 0 aliphatic rings. The van der Waals surface area contributed by atoms with Crippen LogP contribution in [0, 0.1) is 17.8 Å². The lowest BCUT2D eigenvalue weighted by molar-refractivity contribution is -0.322. The summed E-state index contributed by atoms with van der Waals surface area (Å²) in [4.78, 5) is 10.2. The molecule has 0 aliphatic heterocycles. The number of phenols is 1. The van der Waals surface area contributed by atoms with Crippen LogP contribution in [0.3, 0.4) is 0 Å². The van der Waals surface area contributed by atoms with Crippen molar-refractivity contribution < 1.29 is 128 Å². The van der Waals surface area contributed by atoms with E-state index in [0.717, 1.165) is 11.3 Å². The molecule has 0 heterocycles. The van der Waals surface area contributed by atoms with Gasteiger partial charge in [0.1, 0.15) is 5.75 Å². The zero-order valence-electron chi connectivity index (χ0n) is 34.4. The Morgan fingerprint density at radius 2 is 1.08 bits per heavy atom. The van der Waals surface area contributed by atoms with Gasteiger partial charge in [0.05, 0.1) is 52.5 Å². The highest BCUT2D eigenvalue weighted by molar-refractivity contribution is 5.75. The highest BCUT2D eigenvalue weighted by Gasteiger charge is 2.57. The molecule has 0 saturated heterocycles. The van der Waals surface area contributed by atoms with Gasteiger partial charge >= 0.3 is 37.4 Å². The number of nitrogen functional groups attached to an aromatic ring is 2. The van der Waals surface area contributed by atoms with E-state index in [1.807, 2.05) is 12.1 Å². The second kappa shape index (κ2) is 38.4. The number of anilines is 2. The molecule has 1 atom stereocenters. The number of aromatic hydroxyl groups is 1. The van der Waals surface area contributed by atoms with Gasteiger partial charge in [0.25, 0.3) is 0 Å². The number of terminal acetylenes is 1. The van der Waals surface area contributed by atoms with Crippen LogP contribution in [0.2, 0.25) is 0 Å². The standard InChI is InChI=1S/C8H7N.C7H11F3O3.C6H7NO.C5H6F6O2.C4H9FO2.C4H9FO.2CF4/c1-2-7-3-5-8(9)6-4-7;1-6(2,3-11)4-13-5(12)7(8,9)10;7-5-1-3-6(8)4-2-5;6-4(7,8)3(5(9,10)11)13-2-1-12;5-2-1-4(7)3-6;5-3-1-2-4-6;2*2-1(3,4)5/h1,3-6H,9H2;11H,3-4H2,1-2H3;1-4,8H,7H2;3,12H,1-2H2;4,6-7H,1-3H2;6H,1-4H2;;. The van der Waals surface area contributed by atoms with Crippen LogP contribution in [-0.2, 0) is 14.3 Å². The lowest BCUT2D eigenvalue weighted by atomic mass is 9.97. The Labute approximate surface area is 364 Å². The number of phenolic OH excluding ortho intramolecular Hbond substituents is 1. The van der Waals surface area contributed by atoms with Crippen LogP contribution in [0.1, 0.15) is 38.7 Å². The van der Waals surface area contributed by atoms with Crippen LogP contribution < -0.4 is 11.5 Å². The number of esters is 1. The van der Waals surface area contributed by atoms with Crippen LogP contribution >= 0.6 is 0 Å². The van der Waals surface area contributed by atoms with Gasteiger partial charge in [-0.3, -0.25) is 8.78 Å². The Morgan fingerprint density at radius 1 is 0.682 bits per heavy atom. The Kier molecular flexibility index (Phi) is 42.4. The van der Waals surface area contributed by atoms with E-state index in [0.29, 0.717) is 18.5 Å². The summed E-state index contributed by atoms with van der Waals surface area (Å²) >= 11 is 0. The topological polar surface area (TPSA) is 209 Å². The SMILES string of the molecule is C#Cc1ccc(N)cc1.CC(C)(CO)COC(=O)C(F)(F)F.FC(F)(F)F.FC(F)(F)F.Nc1ccc(O)cc1.OCC(O)CCF.OCCCCF.OCCOC(C(F)(F)F)C(F)(F)F. The number of ether oxygens (including phenoxy) is 2. The van der Waals surface area contributed by atoms with Crippen LogP contribution in [0.25, 0.3) is 0 Å². The van der Waals surface area contributed by atoms with Crippen molar-refractivity contribution in [2.24, 2.45) is 5.41 Å². The number of nitrogens with two attached hydrogens (primary N) is 2. The van der Waals surface area contributed by atoms with Gasteiger partial charge in [-0.05, 0) is 61.4 Å². The van der Waals surface area contributed by atoms with Crippen molar-refractivity contribution in [3.63, 3.8) is 0 Å². The van der Waals surface area contributed by atoms with Crippen LogP contribution in [0.5, 0.6) is 5.75 Å². The van der Waals surface area contributed by atoms with E-state index in [-0.39, 0.29) is 38.7 Å². The zero-order chi connectivity index (χ0) is 53.6. The number of hydrogen-bond acceptors (Lipinski definition) is 11. The minimum absolute atomic E-state index is 0.0382. The van der Waals surface area contributed by atoms with E-state index in [1.165, 1.54) is 13.8 Å². The van der Waals surface area contributed by atoms with Crippen LogP contribution in [-0.4, -0.2) is 133 Å². The summed E-state index contributed by atoms with van der Waals surface area (Å²) in [6.45, 7) is -0.851. The lowest BCUT2D eigenvalue weighted by Crippen LogP contribution is -2.44. The fourth-order valence-corrected chi connectivity index (χ4v) is 2.41. The van der Waals surface area contributed by atoms with Gasteiger partial charge in [-0.1, -0.05) is 19.8 Å². The zero-order valence-corrected chi connectivity index (χ0v) is 34.4. The smallest absolute Gasteiger partial charge is 0.508 e. The predicted molar refractivity (Wildman–Crippen MR) is 198 cm³/mol. The average molecular weight is 1010 g/mol. The number of hydrogen-bond donors (Lipinski definition) is 8. The van der Waals surface area contributed by atoms with Gasteiger partial charge in [0, 0.05) is 35.4 Å². The van der Waals surface area contributed by atoms with Crippen molar-refractivity contribution in [3.8, 4) is 18.1 Å². The number of halogens is 19. The molecule has 390 valence electrons. The molecule has 11 nitrogen and oxygen atoms in total. The summed E-state index contributed by atoms with van der Waals surface area (Å²) < 4.78 is 212. The number of benzene rings is 2. The van der Waals surface area contributed by atoms with E-state index >= 15 is 0 Å². The molecule has 0 bridgehead atoms. The van der Waals surface area contributed by atoms with Crippen LogP contribution in [0.4, 0.5) is 94.8 Å². The Hall–Kier alpha value is -4.70. The largest absolute Gasteiger partial charge is 0.559 e. The molecule has 0 fully saturated rings. The van der Waals surface area contributed by atoms with E-state index in [1.54, 1.807) is 36.4 Å². The average Bonchev–Trinajstić information content (AvgIpc) is 3.16.